The Morgan fingerprint density at radius 1 is 1.10 bits per heavy atom. The fourth-order valence-electron chi connectivity index (χ4n) is 3.82. The largest absolute Gasteiger partial charge is 0.314 e. The minimum absolute atomic E-state index is 0.490. The van der Waals surface area contributed by atoms with E-state index < -0.39 is 0 Å². The van der Waals surface area contributed by atoms with Gasteiger partial charge in [-0.15, -0.1) is 0 Å². The molecule has 0 spiro atoms. The number of hydrogen-bond donors (Lipinski definition) is 2. The summed E-state index contributed by atoms with van der Waals surface area (Å²) >= 11 is 2.11. The second-order valence-electron chi connectivity index (χ2n) is 6.07. The van der Waals surface area contributed by atoms with Crippen molar-refractivity contribution >= 4 is 11.8 Å². The molecule has 0 aromatic heterocycles. The number of nitrogens with one attached hydrogen (secondary N) is 2. The van der Waals surface area contributed by atoms with Crippen LogP contribution >= 0.6 is 11.8 Å². The molecular weight excluding hydrogens is 280 g/mol. The van der Waals surface area contributed by atoms with Gasteiger partial charge in [-0.05, 0) is 11.1 Å². The molecule has 0 aliphatic carbocycles. The second kappa shape index (κ2) is 6.26. The number of rotatable bonds is 2. The summed E-state index contributed by atoms with van der Waals surface area (Å²) in [5.41, 5.74) is 3.00. The molecule has 114 valence electrons. The molecule has 1 aromatic rings. The van der Waals surface area contributed by atoms with Crippen LogP contribution in [0.25, 0.3) is 0 Å². The number of piperazine rings is 1. The van der Waals surface area contributed by atoms with Gasteiger partial charge in [0.2, 0.25) is 0 Å². The lowest BCUT2D eigenvalue weighted by atomic mass is 9.99. The summed E-state index contributed by atoms with van der Waals surface area (Å²) < 4.78 is 0. The van der Waals surface area contributed by atoms with Gasteiger partial charge in [0.25, 0.3) is 0 Å². The summed E-state index contributed by atoms with van der Waals surface area (Å²) in [5, 5.41) is 12.5. The first-order chi connectivity index (χ1) is 10.4. The average Bonchev–Trinajstić information content (AvgIpc) is 3.00. The number of hydrogen-bond acceptors (Lipinski definition) is 5. The monoisotopic (exact) mass is 304 g/mol. The quantitative estimate of drug-likeness (QED) is 0.853. The summed E-state index contributed by atoms with van der Waals surface area (Å²) in [6.45, 7) is 6.74. The van der Waals surface area contributed by atoms with Crippen LogP contribution in [0.3, 0.4) is 0 Å². The third-order valence-electron chi connectivity index (χ3n) is 4.88. The molecule has 2 atom stereocenters. The molecule has 2 unspecified atom stereocenters. The maximum absolute atomic E-state index is 3.76. The number of nitrogens with zero attached hydrogens (tertiary/aromatic N) is 2. The Kier molecular flexibility index (Phi) is 4.18. The standard InChI is InChI=1S/C16H24N4S/c1-2-4-14-13(3-1)11-18-16(14)15-12-21-10-9-20(15)19-7-5-17-6-8-19/h1-4,15-18H,5-12H2. The number of hydrazine groups is 1. The maximum Gasteiger partial charge on any atom is 0.0531 e. The van der Waals surface area contributed by atoms with Crippen LogP contribution in [0.1, 0.15) is 17.2 Å². The molecule has 21 heavy (non-hydrogen) atoms. The molecule has 3 aliphatic heterocycles. The highest BCUT2D eigenvalue weighted by Gasteiger charge is 2.37. The van der Waals surface area contributed by atoms with Crippen molar-refractivity contribution in [2.24, 2.45) is 0 Å². The van der Waals surface area contributed by atoms with Gasteiger partial charge in [-0.2, -0.15) is 11.8 Å². The van der Waals surface area contributed by atoms with Gasteiger partial charge in [0.1, 0.15) is 0 Å². The summed E-state index contributed by atoms with van der Waals surface area (Å²) in [7, 11) is 0. The van der Waals surface area contributed by atoms with Crippen molar-refractivity contribution in [2.45, 2.75) is 18.6 Å². The lowest BCUT2D eigenvalue weighted by Gasteiger charge is -2.46. The highest BCUT2D eigenvalue weighted by atomic mass is 32.2. The van der Waals surface area contributed by atoms with E-state index >= 15 is 0 Å². The van der Waals surface area contributed by atoms with Crippen LogP contribution in [0.5, 0.6) is 0 Å². The lowest BCUT2D eigenvalue weighted by Crippen LogP contribution is -2.60. The zero-order chi connectivity index (χ0) is 14.1. The molecule has 5 heteroatoms. The third-order valence-corrected chi connectivity index (χ3v) is 5.93. The van der Waals surface area contributed by atoms with Crippen molar-refractivity contribution in [3.8, 4) is 0 Å². The van der Waals surface area contributed by atoms with Gasteiger partial charge in [0.15, 0.2) is 0 Å². The predicted molar refractivity (Wildman–Crippen MR) is 88.3 cm³/mol. The third kappa shape index (κ3) is 2.73. The summed E-state index contributed by atoms with van der Waals surface area (Å²) in [6.07, 6.45) is 0. The van der Waals surface area contributed by atoms with Gasteiger partial charge < -0.3 is 10.6 Å². The van der Waals surface area contributed by atoms with Crippen LogP contribution in [0.15, 0.2) is 24.3 Å². The molecule has 0 saturated carbocycles. The Morgan fingerprint density at radius 3 is 2.86 bits per heavy atom. The molecule has 3 heterocycles. The van der Waals surface area contributed by atoms with Gasteiger partial charge in [-0.3, -0.25) is 0 Å². The lowest BCUT2D eigenvalue weighted by molar-refractivity contribution is -0.0687. The molecule has 0 bridgehead atoms. The first kappa shape index (κ1) is 14.0. The molecule has 2 N–H and O–H groups in total. The van der Waals surface area contributed by atoms with Gasteiger partial charge in [-0.1, -0.05) is 24.3 Å². The van der Waals surface area contributed by atoms with Crippen LogP contribution in [0.2, 0.25) is 0 Å². The Bertz CT molecular complexity index is 489. The molecule has 1 aromatic carbocycles. The van der Waals surface area contributed by atoms with Crippen LogP contribution in [-0.2, 0) is 6.54 Å². The molecule has 4 nitrogen and oxygen atoms in total. The minimum atomic E-state index is 0.490. The smallest absolute Gasteiger partial charge is 0.0531 e. The highest BCUT2D eigenvalue weighted by molar-refractivity contribution is 7.99. The van der Waals surface area contributed by atoms with Crippen molar-refractivity contribution in [3.63, 3.8) is 0 Å². The van der Waals surface area contributed by atoms with Gasteiger partial charge in [0.05, 0.1) is 12.1 Å². The molecule has 0 amide bonds. The maximum atomic E-state index is 3.76. The van der Waals surface area contributed by atoms with E-state index in [9.17, 15) is 0 Å². The molecule has 2 saturated heterocycles. The van der Waals surface area contributed by atoms with E-state index in [1.54, 1.807) is 0 Å². The van der Waals surface area contributed by atoms with Crippen molar-refractivity contribution < 1.29 is 0 Å². The van der Waals surface area contributed by atoms with E-state index in [-0.39, 0.29) is 0 Å². The van der Waals surface area contributed by atoms with E-state index in [0.29, 0.717) is 12.1 Å². The van der Waals surface area contributed by atoms with Gasteiger partial charge in [-0.25, -0.2) is 10.0 Å². The second-order valence-corrected chi connectivity index (χ2v) is 7.22. The van der Waals surface area contributed by atoms with Gasteiger partial charge >= 0.3 is 0 Å². The Hall–Kier alpha value is -0.590. The topological polar surface area (TPSA) is 30.5 Å². The Morgan fingerprint density at radius 2 is 1.95 bits per heavy atom. The SMILES string of the molecule is c1ccc2c(c1)CNC2C1CSCCN1N1CCNCC1. The number of benzene rings is 1. The Balaban J connectivity index is 1.57. The molecule has 0 radical (unpaired) electrons. The van der Waals surface area contributed by atoms with Crippen molar-refractivity contribution in [2.75, 3.05) is 44.2 Å². The Labute approximate surface area is 131 Å². The van der Waals surface area contributed by atoms with Crippen LogP contribution < -0.4 is 10.6 Å². The van der Waals surface area contributed by atoms with Gasteiger partial charge in [0, 0.05) is 50.8 Å². The molecule has 4 rings (SSSR count). The van der Waals surface area contributed by atoms with Crippen LogP contribution in [-0.4, -0.2) is 60.3 Å². The minimum Gasteiger partial charge on any atom is -0.314 e. The molecule has 3 aliphatic rings. The van der Waals surface area contributed by atoms with E-state index in [1.165, 1.54) is 29.2 Å². The van der Waals surface area contributed by atoms with Crippen molar-refractivity contribution in [1.29, 1.82) is 0 Å². The average molecular weight is 304 g/mol. The summed E-state index contributed by atoms with van der Waals surface area (Å²) in [4.78, 5) is 0. The molecular formula is C16H24N4S. The highest BCUT2D eigenvalue weighted by Crippen LogP contribution is 2.34. The van der Waals surface area contributed by atoms with E-state index in [4.69, 9.17) is 0 Å². The van der Waals surface area contributed by atoms with Crippen molar-refractivity contribution in [3.05, 3.63) is 35.4 Å². The van der Waals surface area contributed by atoms with Crippen LogP contribution in [0, 0.1) is 0 Å². The van der Waals surface area contributed by atoms with E-state index in [1.807, 2.05) is 0 Å². The van der Waals surface area contributed by atoms with E-state index in [2.05, 4.69) is 56.7 Å². The van der Waals surface area contributed by atoms with Crippen LogP contribution in [0.4, 0.5) is 0 Å². The molecule has 2 fully saturated rings. The zero-order valence-electron chi connectivity index (χ0n) is 12.4. The fraction of sp³-hybridized carbons (Fsp3) is 0.625. The summed E-state index contributed by atoms with van der Waals surface area (Å²) in [6, 6.07) is 10.0. The fourth-order valence-corrected chi connectivity index (χ4v) is 4.90. The summed E-state index contributed by atoms with van der Waals surface area (Å²) in [5.74, 6) is 2.49. The first-order valence-electron chi connectivity index (χ1n) is 8.04. The normalized spacial score (nSPS) is 31.2. The first-order valence-corrected chi connectivity index (χ1v) is 9.20. The number of thioether (sulfide) groups is 1. The zero-order valence-corrected chi connectivity index (χ0v) is 13.2. The predicted octanol–water partition coefficient (Wildman–Crippen LogP) is 1.07. The van der Waals surface area contributed by atoms with E-state index in [0.717, 1.165) is 32.7 Å². The number of fused-ring (bicyclic) bond motifs is 1. The van der Waals surface area contributed by atoms with Crippen molar-refractivity contribution in [1.82, 2.24) is 20.7 Å².